The van der Waals surface area contributed by atoms with Gasteiger partial charge in [-0.1, -0.05) is 19.9 Å². The highest BCUT2D eigenvalue weighted by Gasteiger charge is 2.23. The molecule has 6 nitrogen and oxygen atoms in total. The topological polar surface area (TPSA) is 95.2 Å². The second-order valence-corrected chi connectivity index (χ2v) is 8.48. The summed E-state index contributed by atoms with van der Waals surface area (Å²) in [6.07, 6.45) is 2.14. The number of carbonyl (C=O) groups excluding carboxylic acids is 1. The second kappa shape index (κ2) is 10.8. The van der Waals surface area contributed by atoms with Gasteiger partial charge in [0.25, 0.3) is 0 Å². The maximum atomic E-state index is 12.1. The van der Waals surface area contributed by atoms with Crippen molar-refractivity contribution < 1.29 is 14.3 Å². The van der Waals surface area contributed by atoms with E-state index in [1.807, 2.05) is 32.0 Å². The Balaban J connectivity index is 0.00000176. The average Bonchev–Trinajstić information content (AvgIpc) is 2.74. The van der Waals surface area contributed by atoms with E-state index in [-0.39, 0.29) is 6.10 Å². The van der Waals surface area contributed by atoms with Crippen LogP contribution >= 0.6 is 0 Å². The highest BCUT2D eigenvalue weighted by Crippen LogP contribution is 2.35. The Morgan fingerprint density at radius 1 is 1.19 bits per heavy atom. The lowest BCUT2D eigenvalue weighted by Crippen LogP contribution is -2.27. The molecule has 170 valence electrons. The minimum Gasteiger partial charge on any atom is -0.486 e. The zero-order valence-corrected chi connectivity index (χ0v) is 19.8. The van der Waals surface area contributed by atoms with Crippen molar-refractivity contribution in [1.29, 1.82) is 10.7 Å². The van der Waals surface area contributed by atoms with Crippen LogP contribution in [-0.2, 0) is 11.2 Å². The van der Waals surface area contributed by atoms with E-state index in [9.17, 15) is 4.79 Å². The summed E-state index contributed by atoms with van der Waals surface area (Å²) in [5, 5.41) is 20.0. The fourth-order valence-corrected chi connectivity index (χ4v) is 3.56. The number of aryl methyl sites for hydroxylation is 1. The Morgan fingerprint density at radius 2 is 1.91 bits per heavy atom. The standard InChI is InChI=1S/C24H27N3O3.C2H6/c1-15(26)20-13-18(9-11-21(20)27-23(28)30-24(2,3)4)29-22-7-5-6-17-12-16(14-25)8-10-19(17)22;1-2/h8-13,22,26H,5-7H2,1-4H3,(H,27,28);1-2H3. The molecule has 1 unspecified atom stereocenters. The summed E-state index contributed by atoms with van der Waals surface area (Å²) in [5.74, 6) is 0.633. The molecular weight excluding hydrogens is 402 g/mol. The van der Waals surface area contributed by atoms with Crippen LogP contribution in [0.4, 0.5) is 10.5 Å². The molecule has 1 amide bonds. The Bertz CT molecular complexity index is 1020. The van der Waals surface area contributed by atoms with Gasteiger partial charge < -0.3 is 14.9 Å². The maximum Gasteiger partial charge on any atom is 0.412 e. The van der Waals surface area contributed by atoms with Crippen molar-refractivity contribution >= 4 is 17.5 Å². The van der Waals surface area contributed by atoms with E-state index in [0.29, 0.717) is 28.3 Å². The van der Waals surface area contributed by atoms with Gasteiger partial charge in [0.1, 0.15) is 17.5 Å². The minimum absolute atomic E-state index is 0.106. The molecule has 0 aromatic heterocycles. The van der Waals surface area contributed by atoms with Crippen molar-refractivity contribution in [3.8, 4) is 11.8 Å². The normalized spacial score (nSPS) is 14.7. The number of fused-ring (bicyclic) bond motifs is 1. The van der Waals surface area contributed by atoms with Crippen LogP contribution in [0.1, 0.15) is 82.7 Å². The molecule has 2 aromatic carbocycles. The third-order valence-electron chi connectivity index (χ3n) is 4.84. The van der Waals surface area contributed by atoms with Crippen molar-refractivity contribution in [3.63, 3.8) is 0 Å². The SMILES string of the molecule is CC.CC(=N)c1cc(OC2CCCc3cc(C#N)ccc32)ccc1NC(=O)OC(C)(C)C. The number of nitrogens with zero attached hydrogens (tertiary/aromatic N) is 1. The van der Waals surface area contributed by atoms with Crippen molar-refractivity contribution in [2.45, 2.75) is 72.5 Å². The number of rotatable bonds is 4. The first kappa shape index (κ1) is 24.9. The number of anilines is 1. The highest BCUT2D eigenvalue weighted by molar-refractivity contribution is 6.04. The van der Waals surface area contributed by atoms with Crippen LogP contribution in [0.3, 0.4) is 0 Å². The molecule has 0 saturated heterocycles. The van der Waals surface area contributed by atoms with Crippen LogP contribution < -0.4 is 10.1 Å². The molecule has 0 heterocycles. The van der Waals surface area contributed by atoms with Crippen LogP contribution in [0.5, 0.6) is 5.75 Å². The van der Waals surface area contributed by atoms with E-state index in [1.165, 1.54) is 0 Å². The van der Waals surface area contributed by atoms with Crippen LogP contribution in [0.2, 0.25) is 0 Å². The number of ether oxygens (including phenoxy) is 2. The number of hydrogen-bond acceptors (Lipinski definition) is 5. The molecule has 0 radical (unpaired) electrons. The van der Waals surface area contributed by atoms with E-state index in [0.717, 1.165) is 30.4 Å². The highest BCUT2D eigenvalue weighted by atomic mass is 16.6. The van der Waals surface area contributed by atoms with Gasteiger partial charge in [-0.15, -0.1) is 0 Å². The van der Waals surface area contributed by atoms with Gasteiger partial charge in [0.05, 0.1) is 17.3 Å². The third kappa shape index (κ3) is 6.58. The van der Waals surface area contributed by atoms with Gasteiger partial charge in [0.2, 0.25) is 0 Å². The first-order chi connectivity index (χ1) is 15.2. The van der Waals surface area contributed by atoms with Crippen LogP contribution in [-0.4, -0.2) is 17.4 Å². The predicted octanol–water partition coefficient (Wildman–Crippen LogP) is 6.78. The quantitative estimate of drug-likeness (QED) is 0.518. The van der Waals surface area contributed by atoms with Gasteiger partial charge in [-0.05, 0) is 88.4 Å². The number of carbonyl (C=O) groups is 1. The Kier molecular flexibility index (Phi) is 8.42. The molecule has 32 heavy (non-hydrogen) atoms. The number of nitrogens with one attached hydrogen (secondary N) is 2. The fraction of sp³-hybridized carbons (Fsp3) is 0.423. The monoisotopic (exact) mass is 435 g/mol. The number of amides is 1. The van der Waals surface area contributed by atoms with Crippen LogP contribution in [0.15, 0.2) is 36.4 Å². The molecule has 0 fully saturated rings. The molecule has 1 aliphatic carbocycles. The third-order valence-corrected chi connectivity index (χ3v) is 4.84. The van der Waals surface area contributed by atoms with Gasteiger partial charge >= 0.3 is 6.09 Å². The lowest BCUT2D eigenvalue weighted by molar-refractivity contribution is 0.0636. The maximum absolute atomic E-state index is 12.1. The average molecular weight is 436 g/mol. The van der Waals surface area contributed by atoms with E-state index >= 15 is 0 Å². The fourth-order valence-electron chi connectivity index (χ4n) is 3.56. The predicted molar refractivity (Wildman–Crippen MR) is 128 cm³/mol. The van der Waals surface area contributed by atoms with Gasteiger partial charge in [0.15, 0.2) is 0 Å². The Hall–Kier alpha value is -3.33. The lowest BCUT2D eigenvalue weighted by Gasteiger charge is -2.27. The second-order valence-electron chi connectivity index (χ2n) is 8.48. The van der Waals surface area contributed by atoms with Gasteiger partial charge in [0, 0.05) is 11.3 Å². The van der Waals surface area contributed by atoms with Crippen molar-refractivity contribution in [2.24, 2.45) is 0 Å². The van der Waals surface area contributed by atoms with Gasteiger partial charge in [-0.2, -0.15) is 5.26 Å². The summed E-state index contributed by atoms with van der Waals surface area (Å²) < 4.78 is 11.6. The lowest BCUT2D eigenvalue weighted by atomic mass is 9.88. The molecule has 0 spiro atoms. The molecule has 2 N–H and O–H groups in total. The number of hydrogen-bond donors (Lipinski definition) is 2. The Labute approximate surface area is 191 Å². The molecule has 0 aliphatic heterocycles. The van der Waals surface area contributed by atoms with E-state index in [4.69, 9.17) is 20.1 Å². The summed E-state index contributed by atoms with van der Waals surface area (Å²) in [7, 11) is 0. The Morgan fingerprint density at radius 3 is 2.53 bits per heavy atom. The molecule has 6 heteroatoms. The molecule has 1 aliphatic rings. The molecule has 0 saturated carbocycles. The van der Waals surface area contributed by atoms with Crippen molar-refractivity contribution in [3.05, 3.63) is 58.7 Å². The van der Waals surface area contributed by atoms with E-state index < -0.39 is 11.7 Å². The van der Waals surface area contributed by atoms with Gasteiger partial charge in [-0.3, -0.25) is 5.32 Å². The summed E-state index contributed by atoms with van der Waals surface area (Å²) in [6.45, 7) is 11.1. The molecule has 0 bridgehead atoms. The van der Waals surface area contributed by atoms with Crippen LogP contribution in [0, 0.1) is 16.7 Å². The first-order valence-electron chi connectivity index (χ1n) is 11.1. The minimum atomic E-state index is -0.604. The summed E-state index contributed by atoms with van der Waals surface area (Å²) in [5.41, 5.74) is 3.71. The summed E-state index contributed by atoms with van der Waals surface area (Å²) in [6, 6.07) is 13.2. The molecule has 1 atom stereocenters. The summed E-state index contributed by atoms with van der Waals surface area (Å²) >= 11 is 0. The van der Waals surface area contributed by atoms with Crippen molar-refractivity contribution in [2.75, 3.05) is 5.32 Å². The van der Waals surface area contributed by atoms with Gasteiger partial charge in [-0.25, -0.2) is 4.79 Å². The molecule has 3 rings (SSSR count). The smallest absolute Gasteiger partial charge is 0.412 e. The largest absolute Gasteiger partial charge is 0.486 e. The zero-order chi connectivity index (χ0) is 23.9. The van der Waals surface area contributed by atoms with E-state index in [1.54, 1.807) is 45.9 Å². The summed E-state index contributed by atoms with van der Waals surface area (Å²) in [4.78, 5) is 12.1. The van der Waals surface area contributed by atoms with E-state index in [2.05, 4.69) is 11.4 Å². The zero-order valence-electron chi connectivity index (χ0n) is 19.8. The number of nitriles is 1. The molecular formula is C26H33N3O3. The van der Waals surface area contributed by atoms with Crippen molar-refractivity contribution in [1.82, 2.24) is 0 Å². The van der Waals surface area contributed by atoms with Crippen LogP contribution in [0.25, 0.3) is 0 Å². The molecule has 2 aromatic rings. The first-order valence-corrected chi connectivity index (χ1v) is 11.1. The number of benzene rings is 2.